The maximum atomic E-state index is 12.6. The number of esters is 1. The third-order valence-electron chi connectivity index (χ3n) is 5.21. The molecule has 0 unspecified atom stereocenters. The first kappa shape index (κ1) is 19.2. The number of hydrogen-bond donors (Lipinski definition) is 0. The Hall–Kier alpha value is -2.56. The Morgan fingerprint density at radius 3 is 2.33 bits per heavy atom. The molecule has 1 aliphatic rings. The van der Waals surface area contributed by atoms with Crippen LogP contribution in [0.15, 0.2) is 36.4 Å². The van der Waals surface area contributed by atoms with Crippen molar-refractivity contribution in [3.05, 3.63) is 53.3 Å². The number of aromatic nitrogens is 1. The van der Waals surface area contributed by atoms with Crippen molar-refractivity contribution in [2.24, 2.45) is 11.8 Å². The first-order valence-corrected chi connectivity index (χ1v) is 9.56. The number of aryl methyl sites for hydroxylation is 1. The summed E-state index contributed by atoms with van der Waals surface area (Å²) in [5, 5.41) is 0. The fourth-order valence-electron chi connectivity index (χ4n) is 4.11. The van der Waals surface area contributed by atoms with E-state index in [9.17, 15) is 9.59 Å². The van der Waals surface area contributed by atoms with E-state index in [0.717, 1.165) is 36.6 Å². The summed E-state index contributed by atoms with van der Waals surface area (Å²) in [6.07, 6.45) is 1.13. The summed E-state index contributed by atoms with van der Waals surface area (Å²) in [5.41, 5.74) is 3.27. The molecule has 1 fully saturated rings. The number of likely N-dealkylation sites (tertiary alicyclic amines) is 1. The second-order valence-electron chi connectivity index (χ2n) is 7.78. The number of para-hydroxylation sites is 1. The Morgan fingerprint density at radius 1 is 1.07 bits per heavy atom. The molecule has 2 atom stereocenters. The lowest BCUT2D eigenvalue weighted by Gasteiger charge is -2.34. The third-order valence-corrected chi connectivity index (χ3v) is 5.21. The number of piperidine rings is 1. The molecule has 1 amide bonds. The van der Waals surface area contributed by atoms with Gasteiger partial charge < -0.3 is 14.2 Å². The molecule has 2 heterocycles. The first-order valence-electron chi connectivity index (χ1n) is 9.56. The van der Waals surface area contributed by atoms with Gasteiger partial charge in [-0.2, -0.15) is 0 Å². The monoisotopic (exact) mass is 368 g/mol. The van der Waals surface area contributed by atoms with Crippen LogP contribution in [0.4, 0.5) is 0 Å². The van der Waals surface area contributed by atoms with Crippen molar-refractivity contribution in [3.63, 3.8) is 0 Å². The van der Waals surface area contributed by atoms with Crippen LogP contribution in [0.3, 0.4) is 0 Å². The smallest absolute Gasteiger partial charge is 0.340 e. The molecule has 0 radical (unpaired) electrons. The number of benzene rings is 1. The summed E-state index contributed by atoms with van der Waals surface area (Å²) < 4.78 is 7.38. The molecule has 2 aromatic rings. The van der Waals surface area contributed by atoms with Crippen LogP contribution in [0.25, 0.3) is 5.69 Å². The first-order chi connectivity index (χ1) is 12.9. The second kappa shape index (κ2) is 7.99. The summed E-state index contributed by atoms with van der Waals surface area (Å²) in [6, 6.07) is 11.7. The predicted molar refractivity (Wildman–Crippen MR) is 105 cm³/mol. The average Bonchev–Trinajstić information content (AvgIpc) is 2.93. The highest BCUT2D eigenvalue weighted by Crippen LogP contribution is 2.23. The molecule has 0 spiro atoms. The molecule has 5 heteroatoms. The minimum absolute atomic E-state index is 0.112. The van der Waals surface area contributed by atoms with Crippen LogP contribution in [-0.2, 0) is 9.53 Å². The third kappa shape index (κ3) is 4.24. The number of hydrogen-bond acceptors (Lipinski definition) is 3. The lowest BCUT2D eigenvalue weighted by Crippen LogP contribution is -2.44. The lowest BCUT2D eigenvalue weighted by molar-refractivity contribution is -0.137. The molecule has 1 aromatic heterocycles. The van der Waals surface area contributed by atoms with E-state index in [-0.39, 0.29) is 12.5 Å². The van der Waals surface area contributed by atoms with Crippen molar-refractivity contribution in [1.82, 2.24) is 9.47 Å². The summed E-state index contributed by atoms with van der Waals surface area (Å²) >= 11 is 0. The lowest BCUT2D eigenvalue weighted by atomic mass is 9.92. The van der Waals surface area contributed by atoms with Crippen LogP contribution in [0.1, 0.15) is 42.0 Å². The van der Waals surface area contributed by atoms with Crippen molar-refractivity contribution < 1.29 is 14.3 Å². The molecule has 0 bridgehead atoms. The Balaban J connectivity index is 1.68. The van der Waals surface area contributed by atoms with E-state index in [4.69, 9.17) is 4.74 Å². The summed E-state index contributed by atoms with van der Waals surface area (Å²) in [4.78, 5) is 26.8. The van der Waals surface area contributed by atoms with E-state index in [1.54, 1.807) is 0 Å². The van der Waals surface area contributed by atoms with Gasteiger partial charge in [0.15, 0.2) is 6.61 Å². The van der Waals surface area contributed by atoms with Crippen LogP contribution in [0, 0.1) is 25.7 Å². The number of carbonyl (C=O) groups excluding carboxylic acids is 2. The molecule has 1 aliphatic heterocycles. The average molecular weight is 368 g/mol. The molecular weight excluding hydrogens is 340 g/mol. The summed E-state index contributed by atoms with van der Waals surface area (Å²) in [7, 11) is 0. The topological polar surface area (TPSA) is 51.5 Å². The van der Waals surface area contributed by atoms with Crippen molar-refractivity contribution in [3.8, 4) is 5.69 Å². The molecular formula is C22H28N2O3. The van der Waals surface area contributed by atoms with E-state index in [1.165, 1.54) is 0 Å². The SMILES string of the molecule is Cc1cc(C(=O)OCC(=O)N2C[C@H](C)C[C@@H](C)C2)c(C)n1-c1ccccc1. The van der Waals surface area contributed by atoms with Gasteiger partial charge in [-0.05, 0) is 50.3 Å². The highest BCUT2D eigenvalue weighted by molar-refractivity contribution is 5.93. The van der Waals surface area contributed by atoms with E-state index in [2.05, 4.69) is 13.8 Å². The summed E-state index contributed by atoms with van der Waals surface area (Å²) in [5.74, 6) is 0.409. The highest BCUT2D eigenvalue weighted by Gasteiger charge is 2.26. The van der Waals surface area contributed by atoms with Gasteiger partial charge in [-0.1, -0.05) is 32.0 Å². The van der Waals surface area contributed by atoms with Crippen molar-refractivity contribution in [2.75, 3.05) is 19.7 Å². The standard InChI is InChI=1S/C22H28N2O3/c1-15-10-16(2)13-23(12-15)21(25)14-27-22(26)20-11-17(3)24(18(20)4)19-8-6-5-7-9-19/h5-9,11,15-16H,10,12-14H2,1-4H3/t15-,16-/m1/s1. The van der Waals surface area contributed by atoms with Gasteiger partial charge in [-0.25, -0.2) is 4.79 Å². The number of nitrogens with zero attached hydrogens (tertiary/aromatic N) is 2. The molecule has 144 valence electrons. The quantitative estimate of drug-likeness (QED) is 0.772. The number of amides is 1. The normalized spacial score (nSPS) is 19.8. The fourth-order valence-corrected chi connectivity index (χ4v) is 4.11. The van der Waals surface area contributed by atoms with Crippen molar-refractivity contribution >= 4 is 11.9 Å². The molecule has 1 aromatic carbocycles. The van der Waals surface area contributed by atoms with Crippen molar-refractivity contribution in [1.29, 1.82) is 0 Å². The molecule has 27 heavy (non-hydrogen) atoms. The van der Waals surface area contributed by atoms with Crippen LogP contribution < -0.4 is 0 Å². The van der Waals surface area contributed by atoms with Gasteiger partial charge in [0.05, 0.1) is 5.56 Å². The molecule has 0 saturated carbocycles. The Morgan fingerprint density at radius 2 is 1.70 bits per heavy atom. The summed E-state index contributed by atoms with van der Waals surface area (Å²) in [6.45, 7) is 9.44. The Bertz CT molecular complexity index is 816. The molecule has 1 saturated heterocycles. The Kier molecular flexibility index (Phi) is 5.68. The van der Waals surface area contributed by atoms with E-state index in [0.29, 0.717) is 17.4 Å². The van der Waals surface area contributed by atoms with Gasteiger partial charge in [0.25, 0.3) is 5.91 Å². The number of carbonyl (C=O) groups is 2. The minimum atomic E-state index is -0.447. The van der Waals surface area contributed by atoms with E-state index in [1.807, 2.05) is 59.7 Å². The van der Waals surface area contributed by atoms with Crippen LogP contribution in [0.5, 0.6) is 0 Å². The van der Waals surface area contributed by atoms with Crippen molar-refractivity contribution in [2.45, 2.75) is 34.1 Å². The van der Waals surface area contributed by atoms with Gasteiger partial charge >= 0.3 is 5.97 Å². The molecule has 5 nitrogen and oxygen atoms in total. The van der Waals surface area contributed by atoms with Crippen LogP contribution >= 0.6 is 0 Å². The minimum Gasteiger partial charge on any atom is -0.452 e. The predicted octanol–water partition coefficient (Wildman–Crippen LogP) is 3.76. The van der Waals surface area contributed by atoms with Gasteiger partial charge in [0.2, 0.25) is 0 Å². The maximum Gasteiger partial charge on any atom is 0.340 e. The Labute approximate surface area is 160 Å². The van der Waals surface area contributed by atoms with E-state index >= 15 is 0 Å². The highest BCUT2D eigenvalue weighted by atomic mass is 16.5. The van der Waals surface area contributed by atoms with Crippen LogP contribution in [0.2, 0.25) is 0 Å². The van der Waals surface area contributed by atoms with Crippen LogP contribution in [-0.4, -0.2) is 41.0 Å². The van der Waals surface area contributed by atoms with Gasteiger partial charge in [-0.3, -0.25) is 4.79 Å². The van der Waals surface area contributed by atoms with Gasteiger partial charge in [0, 0.05) is 30.2 Å². The van der Waals surface area contributed by atoms with Gasteiger partial charge in [0.1, 0.15) is 0 Å². The maximum absolute atomic E-state index is 12.6. The molecule has 0 aliphatic carbocycles. The van der Waals surface area contributed by atoms with Gasteiger partial charge in [-0.15, -0.1) is 0 Å². The molecule has 3 rings (SSSR count). The zero-order valence-electron chi connectivity index (χ0n) is 16.6. The molecule has 0 N–H and O–H groups in total. The van der Waals surface area contributed by atoms with E-state index < -0.39 is 5.97 Å². The fraction of sp³-hybridized carbons (Fsp3) is 0.455. The zero-order valence-corrected chi connectivity index (χ0v) is 16.6. The second-order valence-corrected chi connectivity index (χ2v) is 7.78. The largest absolute Gasteiger partial charge is 0.452 e. The number of rotatable bonds is 4. The zero-order chi connectivity index (χ0) is 19.6. The number of ether oxygens (including phenoxy) is 1.